The fourth-order valence-electron chi connectivity index (χ4n) is 2.23. The van der Waals surface area contributed by atoms with Crippen molar-refractivity contribution in [1.82, 2.24) is 4.98 Å². The molecule has 1 fully saturated rings. The third kappa shape index (κ3) is 2.90. The number of nitrogens with one attached hydrogen (secondary N) is 1. The summed E-state index contributed by atoms with van der Waals surface area (Å²) in [6, 6.07) is 4.02. The summed E-state index contributed by atoms with van der Waals surface area (Å²) in [7, 11) is 0. The first-order valence-electron chi connectivity index (χ1n) is 6.06. The Bertz CT molecular complexity index is 478. The molecule has 5 nitrogen and oxygen atoms in total. The van der Waals surface area contributed by atoms with Gasteiger partial charge in [0.15, 0.2) is 0 Å². The first-order chi connectivity index (χ1) is 8.50. The number of aromatic nitrogens is 1. The van der Waals surface area contributed by atoms with Crippen LogP contribution in [0.25, 0.3) is 0 Å². The minimum atomic E-state index is -0.128. The Morgan fingerprint density at radius 3 is 3.06 bits per heavy atom. The van der Waals surface area contributed by atoms with E-state index in [9.17, 15) is 0 Å². The van der Waals surface area contributed by atoms with Crippen LogP contribution >= 0.6 is 0 Å². The van der Waals surface area contributed by atoms with Gasteiger partial charge < -0.3 is 15.8 Å². The van der Waals surface area contributed by atoms with E-state index in [4.69, 9.17) is 15.7 Å². The smallest absolute Gasteiger partial charge is 0.144 e. The van der Waals surface area contributed by atoms with Crippen LogP contribution in [-0.2, 0) is 4.74 Å². The predicted octanol–water partition coefficient (Wildman–Crippen LogP) is 1.90. The maximum atomic E-state index is 9.06. The van der Waals surface area contributed by atoms with Crippen LogP contribution in [0.15, 0.2) is 12.3 Å². The van der Waals surface area contributed by atoms with E-state index in [0.29, 0.717) is 17.1 Å². The molecule has 0 aromatic carbocycles. The standard InChI is InChI=1S/C13H18N4O/c1-13(2)6-11(3-4-18-13)17-12-9(7-14)5-10(15)8-16-12/h5,8,11H,3-4,6,15H2,1-2H3,(H,16,17). The molecule has 0 spiro atoms. The summed E-state index contributed by atoms with van der Waals surface area (Å²) in [5, 5.41) is 12.4. The maximum absolute atomic E-state index is 9.06. The molecule has 3 N–H and O–H groups in total. The van der Waals surface area contributed by atoms with Gasteiger partial charge in [0.2, 0.25) is 0 Å². The van der Waals surface area contributed by atoms with Crippen molar-refractivity contribution < 1.29 is 4.74 Å². The number of anilines is 2. The van der Waals surface area contributed by atoms with Gasteiger partial charge in [-0.25, -0.2) is 4.98 Å². The summed E-state index contributed by atoms with van der Waals surface area (Å²) in [5.41, 5.74) is 6.48. The Morgan fingerprint density at radius 1 is 1.61 bits per heavy atom. The van der Waals surface area contributed by atoms with E-state index in [1.807, 2.05) is 0 Å². The molecular formula is C13H18N4O. The largest absolute Gasteiger partial charge is 0.397 e. The SMILES string of the molecule is CC1(C)CC(Nc2ncc(N)cc2C#N)CCO1. The van der Waals surface area contributed by atoms with Gasteiger partial charge in [-0.2, -0.15) is 5.26 Å². The number of ether oxygens (including phenoxy) is 1. The lowest BCUT2D eigenvalue weighted by Gasteiger charge is -2.36. The number of nitrogens with two attached hydrogens (primary N) is 1. The zero-order valence-electron chi connectivity index (χ0n) is 10.7. The van der Waals surface area contributed by atoms with Crippen molar-refractivity contribution in [3.8, 4) is 6.07 Å². The molecule has 1 aromatic rings. The number of hydrogen-bond acceptors (Lipinski definition) is 5. The van der Waals surface area contributed by atoms with E-state index in [2.05, 4.69) is 30.2 Å². The van der Waals surface area contributed by atoms with E-state index < -0.39 is 0 Å². The van der Waals surface area contributed by atoms with Crippen molar-refractivity contribution in [1.29, 1.82) is 5.26 Å². The van der Waals surface area contributed by atoms with Crippen LogP contribution in [-0.4, -0.2) is 23.2 Å². The molecule has 0 aliphatic carbocycles. The third-order valence-corrected chi connectivity index (χ3v) is 3.07. The molecule has 0 bridgehead atoms. The highest BCUT2D eigenvalue weighted by Gasteiger charge is 2.29. The number of rotatable bonds is 2. The number of nitrogen functional groups attached to an aromatic ring is 1. The Hall–Kier alpha value is -1.80. The molecule has 0 amide bonds. The summed E-state index contributed by atoms with van der Waals surface area (Å²) >= 11 is 0. The molecule has 1 unspecified atom stereocenters. The zero-order chi connectivity index (χ0) is 13.2. The summed E-state index contributed by atoms with van der Waals surface area (Å²) in [6.45, 7) is 4.87. The van der Waals surface area contributed by atoms with Gasteiger partial charge in [0, 0.05) is 12.6 Å². The van der Waals surface area contributed by atoms with Gasteiger partial charge in [0.25, 0.3) is 0 Å². The van der Waals surface area contributed by atoms with E-state index >= 15 is 0 Å². The van der Waals surface area contributed by atoms with Gasteiger partial charge >= 0.3 is 0 Å². The fourth-order valence-corrected chi connectivity index (χ4v) is 2.23. The van der Waals surface area contributed by atoms with Crippen LogP contribution in [0.1, 0.15) is 32.3 Å². The van der Waals surface area contributed by atoms with Crippen molar-refractivity contribution >= 4 is 11.5 Å². The van der Waals surface area contributed by atoms with Crippen LogP contribution in [0.3, 0.4) is 0 Å². The third-order valence-electron chi connectivity index (χ3n) is 3.07. The highest BCUT2D eigenvalue weighted by Crippen LogP contribution is 2.27. The molecule has 5 heteroatoms. The van der Waals surface area contributed by atoms with Crippen molar-refractivity contribution in [3.05, 3.63) is 17.8 Å². The van der Waals surface area contributed by atoms with Crippen molar-refractivity contribution in [3.63, 3.8) is 0 Å². The van der Waals surface area contributed by atoms with E-state index in [-0.39, 0.29) is 11.6 Å². The van der Waals surface area contributed by atoms with Gasteiger partial charge in [-0.15, -0.1) is 0 Å². The van der Waals surface area contributed by atoms with Crippen LogP contribution in [0.4, 0.5) is 11.5 Å². The Morgan fingerprint density at radius 2 is 2.39 bits per heavy atom. The number of nitrogens with zero attached hydrogens (tertiary/aromatic N) is 2. The molecule has 1 aromatic heterocycles. The predicted molar refractivity (Wildman–Crippen MR) is 70.0 cm³/mol. The average molecular weight is 246 g/mol. The van der Waals surface area contributed by atoms with E-state index in [0.717, 1.165) is 19.4 Å². The van der Waals surface area contributed by atoms with Gasteiger partial charge in [-0.3, -0.25) is 0 Å². The molecular weight excluding hydrogens is 228 g/mol. The van der Waals surface area contributed by atoms with Gasteiger partial charge in [0.05, 0.1) is 23.0 Å². The van der Waals surface area contributed by atoms with Crippen LogP contribution in [0.2, 0.25) is 0 Å². The normalized spacial score (nSPS) is 22.2. The summed E-state index contributed by atoms with van der Waals surface area (Å²) < 4.78 is 5.66. The van der Waals surface area contributed by atoms with Crippen molar-refractivity contribution in [2.75, 3.05) is 17.7 Å². The summed E-state index contributed by atoms with van der Waals surface area (Å²) in [6.07, 6.45) is 3.37. The molecule has 1 saturated heterocycles. The second-order valence-corrected chi connectivity index (χ2v) is 5.22. The maximum Gasteiger partial charge on any atom is 0.144 e. The first-order valence-corrected chi connectivity index (χ1v) is 6.06. The van der Waals surface area contributed by atoms with Crippen molar-refractivity contribution in [2.45, 2.75) is 38.3 Å². The molecule has 18 heavy (non-hydrogen) atoms. The minimum Gasteiger partial charge on any atom is -0.397 e. The lowest BCUT2D eigenvalue weighted by molar-refractivity contribution is -0.0553. The summed E-state index contributed by atoms with van der Waals surface area (Å²) in [4.78, 5) is 4.19. The summed E-state index contributed by atoms with van der Waals surface area (Å²) in [5.74, 6) is 0.606. The molecule has 0 radical (unpaired) electrons. The van der Waals surface area contributed by atoms with Gasteiger partial charge in [-0.05, 0) is 32.8 Å². The number of hydrogen-bond donors (Lipinski definition) is 2. The highest BCUT2D eigenvalue weighted by molar-refractivity contribution is 5.57. The highest BCUT2D eigenvalue weighted by atomic mass is 16.5. The molecule has 1 aliphatic rings. The van der Waals surface area contributed by atoms with Gasteiger partial charge in [-0.1, -0.05) is 0 Å². The fraction of sp³-hybridized carbons (Fsp3) is 0.538. The quantitative estimate of drug-likeness (QED) is 0.832. The topological polar surface area (TPSA) is 84.0 Å². The first kappa shape index (κ1) is 12.7. The lowest BCUT2D eigenvalue weighted by Crippen LogP contribution is -2.40. The Labute approximate surface area is 107 Å². The zero-order valence-corrected chi connectivity index (χ0v) is 10.7. The number of pyridine rings is 1. The Balaban J connectivity index is 2.12. The molecule has 0 saturated carbocycles. The second-order valence-electron chi connectivity index (χ2n) is 5.22. The molecule has 96 valence electrons. The second kappa shape index (κ2) is 4.83. The molecule has 1 atom stereocenters. The van der Waals surface area contributed by atoms with Crippen LogP contribution in [0.5, 0.6) is 0 Å². The Kier molecular flexibility index (Phi) is 3.39. The monoisotopic (exact) mass is 246 g/mol. The molecule has 2 heterocycles. The average Bonchev–Trinajstić information content (AvgIpc) is 2.30. The van der Waals surface area contributed by atoms with Crippen LogP contribution < -0.4 is 11.1 Å². The van der Waals surface area contributed by atoms with E-state index in [1.165, 1.54) is 0 Å². The van der Waals surface area contributed by atoms with E-state index in [1.54, 1.807) is 12.3 Å². The number of nitriles is 1. The minimum absolute atomic E-state index is 0.128. The van der Waals surface area contributed by atoms with Crippen LogP contribution in [0, 0.1) is 11.3 Å². The van der Waals surface area contributed by atoms with Gasteiger partial charge in [0.1, 0.15) is 11.9 Å². The molecule has 1 aliphatic heterocycles. The lowest BCUT2D eigenvalue weighted by atomic mass is 9.94. The molecule has 2 rings (SSSR count). The van der Waals surface area contributed by atoms with Crippen molar-refractivity contribution in [2.24, 2.45) is 0 Å².